The van der Waals surface area contributed by atoms with Crippen molar-refractivity contribution in [1.82, 2.24) is 10.2 Å². The van der Waals surface area contributed by atoms with E-state index in [-0.39, 0.29) is 17.8 Å². The summed E-state index contributed by atoms with van der Waals surface area (Å²) in [4.78, 5) is 15.5. The molecule has 0 saturated carbocycles. The third-order valence-corrected chi connectivity index (χ3v) is 7.03. The fourth-order valence-corrected chi connectivity index (χ4v) is 4.94. The molecule has 190 valence electrons. The SMILES string of the molecule is C/C(=C\c1ccc(C#N)cc1)CN1CCC(CC(=O)NC(c2ccc(C)cc2)c2ccc(F)cc2)CC1. The number of hydrogen-bond acceptors (Lipinski definition) is 3. The number of rotatable bonds is 8. The zero-order valence-electron chi connectivity index (χ0n) is 21.6. The van der Waals surface area contributed by atoms with Crippen LogP contribution >= 0.6 is 0 Å². The predicted octanol–water partition coefficient (Wildman–Crippen LogP) is 6.42. The first-order valence-corrected chi connectivity index (χ1v) is 12.9. The maximum absolute atomic E-state index is 13.5. The van der Waals surface area contributed by atoms with Gasteiger partial charge < -0.3 is 5.32 Å². The largest absolute Gasteiger partial charge is 0.345 e. The van der Waals surface area contributed by atoms with E-state index in [4.69, 9.17) is 5.26 Å². The molecule has 0 spiro atoms. The number of amides is 1. The summed E-state index contributed by atoms with van der Waals surface area (Å²) >= 11 is 0. The monoisotopic (exact) mass is 495 g/mol. The third-order valence-electron chi connectivity index (χ3n) is 7.03. The quantitative estimate of drug-likeness (QED) is 0.392. The number of aryl methyl sites for hydroxylation is 1. The van der Waals surface area contributed by atoms with Gasteiger partial charge in [0.15, 0.2) is 0 Å². The molecule has 0 aliphatic carbocycles. The summed E-state index contributed by atoms with van der Waals surface area (Å²) in [6.07, 6.45) is 4.64. The second-order valence-electron chi connectivity index (χ2n) is 10.1. The molecular formula is C32H34FN3O. The minimum Gasteiger partial charge on any atom is -0.345 e. The Labute approximate surface area is 219 Å². The average molecular weight is 496 g/mol. The number of carbonyl (C=O) groups is 1. The summed E-state index contributed by atoms with van der Waals surface area (Å²) in [5, 5.41) is 12.2. The number of benzene rings is 3. The van der Waals surface area contributed by atoms with E-state index in [0.29, 0.717) is 17.9 Å². The maximum atomic E-state index is 13.5. The number of piperidine rings is 1. The van der Waals surface area contributed by atoms with Gasteiger partial charge in [-0.1, -0.05) is 65.7 Å². The lowest BCUT2D eigenvalue weighted by Crippen LogP contribution is -2.37. The highest BCUT2D eigenvalue weighted by atomic mass is 19.1. The van der Waals surface area contributed by atoms with Crippen molar-refractivity contribution in [2.75, 3.05) is 19.6 Å². The molecule has 1 fully saturated rings. The van der Waals surface area contributed by atoms with Gasteiger partial charge in [0, 0.05) is 13.0 Å². The molecule has 1 amide bonds. The molecule has 5 heteroatoms. The Kier molecular flexibility index (Phi) is 8.87. The van der Waals surface area contributed by atoms with Crippen molar-refractivity contribution in [3.05, 3.63) is 112 Å². The molecule has 0 radical (unpaired) electrons. The van der Waals surface area contributed by atoms with Crippen LogP contribution in [0, 0.1) is 30.0 Å². The summed E-state index contributed by atoms with van der Waals surface area (Å²) in [7, 11) is 0. The third kappa shape index (κ3) is 7.62. The Hall–Kier alpha value is -3.75. The molecule has 1 atom stereocenters. The van der Waals surface area contributed by atoms with Crippen LogP contribution in [0.4, 0.5) is 4.39 Å². The first-order chi connectivity index (χ1) is 17.9. The molecule has 4 nitrogen and oxygen atoms in total. The van der Waals surface area contributed by atoms with E-state index < -0.39 is 0 Å². The van der Waals surface area contributed by atoms with Gasteiger partial charge in [0.25, 0.3) is 0 Å². The predicted molar refractivity (Wildman–Crippen MR) is 146 cm³/mol. The number of hydrogen-bond donors (Lipinski definition) is 1. The topological polar surface area (TPSA) is 56.1 Å². The van der Waals surface area contributed by atoms with Gasteiger partial charge >= 0.3 is 0 Å². The lowest BCUT2D eigenvalue weighted by Gasteiger charge is -2.32. The number of nitrogens with zero attached hydrogens (tertiary/aromatic N) is 2. The minimum atomic E-state index is -0.302. The molecule has 1 heterocycles. The van der Waals surface area contributed by atoms with Gasteiger partial charge in [-0.15, -0.1) is 0 Å². The van der Waals surface area contributed by atoms with Gasteiger partial charge in [-0.2, -0.15) is 5.26 Å². The summed E-state index contributed by atoms with van der Waals surface area (Å²) in [6, 6.07) is 24.0. The Morgan fingerprint density at radius 2 is 1.62 bits per heavy atom. The molecule has 1 aliphatic heterocycles. The zero-order chi connectivity index (χ0) is 26.2. The van der Waals surface area contributed by atoms with Crippen molar-refractivity contribution >= 4 is 12.0 Å². The van der Waals surface area contributed by atoms with Gasteiger partial charge in [-0.3, -0.25) is 9.69 Å². The molecule has 1 unspecified atom stereocenters. The lowest BCUT2D eigenvalue weighted by atomic mass is 9.92. The minimum absolute atomic E-state index is 0.0326. The highest BCUT2D eigenvalue weighted by Crippen LogP contribution is 2.26. The molecule has 0 bridgehead atoms. The number of nitrogens with one attached hydrogen (secondary N) is 1. The van der Waals surface area contributed by atoms with Crippen LogP contribution in [0.3, 0.4) is 0 Å². The number of nitriles is 1. The first-order valence-electron chi connectivity index (χ1n) is 12.9. The van der Waals surface area contributed by atoms with Gasteiger partial charge in [0.2, 0.25) is 5.91 Å². The van der Waals surface area contributed by atoms with E-state index in [9.17, 15) is 9.18 Å². The van der Waals surface area contributed by atoms with Gasteiger partial charge in [0.1, 0.15) is 5.82 Å². The molecular weight excluding hydrogens is 461 g/mol. The lowest BCUT2D eigenvalue weighted by molar-refractivity contribution is -0.122. The Morgan fingerprint density at radius 3 is 2.22 bits per heavy atom. The molecule has 3 aromatic carbocycles. The number of halogens is 1. The number of carbonyl (C=O) groups excluding carboxylic acids is 1. The average Bonchev–Trinajstić information content (AvgIpc) is 2.90. The van der Waals surface area contributed by atoms with Crippen LogP contribution in [0.2, 0.25) is 0 Å². The van der Waals surface area contributed by atoms with E-state index >= 15 is 0 Å². The summed E-state index contributed by atoms with van der Waals surface area (Å²) in [5.74, 6) is 0.0997. The van der Waals surface area contributed by atoms with Crippen LogP contribution in [0.15, 0.2) is 78.4 Å². The zero-order valence-corrected chi connectivity index (χ0v) is 21.6. The van der Waals surface area contributed by atoms with Crippen LogP contribution in [0.25, 0.3) is 6.08 Å². The molecule has 3 aromatic rings. The van der Waals surface area contributed by atoms with Gasteiger partial charge in [-0.05, 0) is 86.7 Å². The highest BCUT2D eigenvalue weighted by Gasteiger charge is 2.24. The molecule has 4 rings (SSSR count). The molecule has 37 heavy (non-hydrogen) atoms. The van der Waals surface area contributed by atoms with E-state index in [1.807, 2.05) is 55.5 Å². The van der Waals surface area contributed by atoms with Crippen LogP contribution in [0.5, 0.6) is 0 Å². The van der Waals surface area contributed by atoms with Gasteiger partial charge in [0.05, 0.1) is 17.7 Å². The smallest absolute Gasteiger partial charge is 0.221 e. The molecule has 0 aromatic heterocycles. The van der Waals surface area contributed by atoms with Crippen molar-refractivity contribution < 1.29 is 9.18 Å². The Bertz CT molecular complexity index is 1200. The van der Waals surface area contributed by atoms with Crippen molar-refractivity contribution in [1.29, 1.82) is 5.26 Å². The summed E-state index contributed by atoms with van der Waals surface area (Å²) in [6.45, 7) is 7.01. The van der Waals surface area contributed by atoms with Crippen LogP contribution in [-0.4, -0.2) is 30.4 Å². The summed E-state index contributed by atoms with van der Waals surface area (Å²) < 4.78 is 13.5. The Morgan fingerprint density at radius 1 is 1.03 bits per heavy atom. The van der Waals surface area contributed by atoms with E-state index in [1.54, 1.807) is 12.1 Å². The molecule has 1 saturated heterocycles. The van der Waals surface area contributed by atoms with E-state index in [1.165, 1.54) is 17.7 Å². The van der Waals surface area contributed by atoms with Crippen LogP contribution < -0.4 is 5.32 Å². The van der Waals surface area contributed by atoms with E-state index in [0.717, 1.165) is 54.7 Å². The molecule has 1 N–H and O–H groups in total. The van der Waals surface area contributed by atoms with Crippen molar-refractivity contribution in [2.45, 2.75) is 39.2 Å². The molecule has 1 aliphatic rings. The first kappa shape index (κ1) is 26.3. The van der Waals surface area contributed by atoms with Crippen LogP contribution in [-0.2, 0) is 4.79 Å². The Balaban J connectivity index is 1.30. The van der Waals surface area contributed by atoms with Crippen molar-refractivity contribution in [3.63, 3.8) is 0 Å². The van der Waals surface area contributed by atoms with E-state index in [2.05, 4.69) is 29.3 Å². The second kappa shape index (κ2) is 12.5. The standard InChI is InChI=1S/C32H34FN3O/c1-23-3-9-28(10-4-23)32(29-11-13-30(33)14-12-29)35-31(37)20-26-15-17-36(18-16-26)22-24(2)19-25-5-7-27(21-34)8-6-25/h3-14,19,26,32H,15-18,20,22H2,1-2H3,(H,35,37)/b24-19+. The summed E-state index contributed by atoms with van der Waals surface area (Å²) in [5.41, 5.74) is 6.07. The fourth-order valence-electron chi connectivity index (χ4n) is 4.94. The normalized spacial score (nSPS) is 15.7. The highest BCUT2D eigenvalue weighted by molar-refractivity contribution is 5.77. The van der Waals surface area contributed by atoms with Crippen molar-refractivity contribution in [2.24, 2.45) is 5.92 Å². The fraction of sp³-hybridized carbons (Fsp3) is 0.312. The van der Waals surface area contributed by atoms with Crippen molar-refractivity contribution in [3.8, 4) is 6.07 Å². The van der Waals surface area contributed by atoms with Crippen LogP contribution in [0.1, 0.15) is 60.0 Å². The van der Waals surface area contributed by atoms with Gasteiger partial charge in [-0.25, -0.2) is 4.39 Å². The second-order valence-corrected chi connectivity index (χ2v) is 10.1. The number of likely N-dealkylation sites (tertiary alicyclic amines) is 1. The maximum Gasteiger partial charge on any atom is 0.221 e.